The van der Waals surface area contributed by atoms with E-state index in [2.05, 4.69) is 6.92 Å². The van der Waals surface area contributed by atoms with Crippen LogP contribution in [0.3, 0.4) is 0 Å². The van der Waals surface area contributed by atoms with Crippen molar-refractivity contribution in [3.05, 3.63) is 64.9 Å². The summed E-state index contributed by atoms with van der Waals surface area (Å²) in [6.07, 6.45) is 2.69. The summed E-state index contributed by atoms with van der Waals surface area (Å²) in [5, 5.41) is 0. The van der Waals surface area contributed by atoms with E-state index in [1.807, 2.05) is 24.3 Å². The summed E-state index contributed by atoms with van der Waals surface area (Å²) in [5.74, 6) is 0.529. The summed E-state index contributed by atoms with van der Waals surface area (Å²) >= 11 is 0. The van der Waals surface area contributed by atoms with Gasteiger partial charge in [0.2, 0.25) is 5.78 Å². The Labute approximate surface area is 153 Å². The molecule has 0 atom stereocenters. The van der Waals surface area contributed by atoms with Gasteiger partial charge in [-0.3, -0.25) is 9.59 Å². The van der Waals surface area contributed by atoms with Gasteiger partial charge in [0.1, 0.15) is 11.5 Å². The average molecular weight is 350 g/mol. The van der Waals surface area contributed by atoms with Gasteiger partial charge in [0.15, 0.2) is 5.76 Å². The molecule has 0 amide bonds. The maximum atomic E-state index is 12.5. The summed E-state index contributed by atoms with van der Waals surface area (Å²) in [4.78, 5) is 24.5. The molecule has 3 rings (SSSR count). The summed E-state index contributed by atoms with van der Waals surface area (Å²) in [7, 11) is 0. The van der Waals surface area contributed by atoms with Gasteiger partial charge in [-0.1, -0.05) is 31.2 Å². The number of carbonyl (C=O) groups is 2. The van der Waals surface area contributed by atoms with Crippen LogP contribution in [0.5, 0.6) is 11.5 Å². The molecule has 0 N–H and O–H groups in total. The topological polar surface area (TPSA) is 52.6 Å². The number of benzene rings is 2. The van der Waals surface area contributed by atoms with Crippen LogP contribution in [-0.4, -0.2) is 11.8 Å². The lowest BCUT2D eigenvalue weighted by Gasteiger charge is -2.16. The van der Waals surface area contributed by atoms with E-state index < -0.39 is 5.41 Å². The summed E-state index contributed by atoms with van der Waals surface area (Å²) in [6, 6.07) is 12.8. The maximum Gasteiger partial charge on any atom is 0.316 e. The van der Waals surface area contributed by atoms with Gasteiger partial charge in [-0.25, -0.2) is 0 Å². The van der Waals surface area contributed by atoms with Crippen LogP contribution in [-0.2, 0) is 11.2 Å². The predicted octanol–water partition coefficient (Wildman–Crippen LogP) is 4.82. The number of hydrogen-bond donors (Lipinski definition) is 0. The van der Waals surface area contributed by atoms with Gasteiger partial charge >= 0.3 is 5.97 Å². The molecule has 1 aliphatic heterocycles. The van der Waals surface area contributed by atoms with Gasteiger partial charge in [-0.05, 0) is 56.5 Å². The molecule has 1 heterocycles. The Hall–Kier alpha value is -2.88. The van der Waals surface area contributed by atoms with E-state index in [4.69, 9.17) is 9.47 Å². The average Bonchev–Trinajstić information content (AvgIpc) is 2.90. The minimum Gasteiger partial charge on any atom is -0.452 e. The van der Waals surface area contributed by atoms with Crippen LogP contribution in [0.4, 0.5) is 0 Å². The number of allylic oxidation sites excluding steroid dienone is 1. The van der Waals surface area contributed by atoms with Crippen molar-refractivity contribution in [2.45, 2.75) is 34.1 Å². The molecule has 26 heavy (non-hydrogen) atoms. The molecule has 0 unspecified atom stereocenters. The van der Waals surface area contributed by atoms with Crippen molar-refractivity contribution < 1.29 is 19.1 Å². The SMILES string of the molecule is CCc1ccc(/C=C2\Oc3cc(OC(=O)C(C)(C)C)ccc3C2=O)cc1. The normalized spacial score (nSPS) is 14.9. The van der Waals surface area contributed by atoms with E-state index in [1.165, 1.54) is 5.56 Å². The van der Waals surface area contributed by atoms with Crippen LogP contribution < -0.4 is 9.47 Å². The molecule has 2 aromatic carbocycles. The first-order valence-electron chi connectivity index (χ1n) is 8.67. The molecule has 4 heteroatoms. The van der Waals surface area contributed by atoms with Crippen molar-refractivity contribution in [3.63, 3.8) is 0 Å². The number of ether oxygens (including phenoxy) is 2. The largest absolute Gasteiger partial charge is 0.452 e. The van der Waals surface area contributed by atoms with Crippen LogP contribution in [0.25, 0.3) is 6.08 Å². The van der Waals surface area contributed by atoms with E-state index in [1.54, 1.807) is 45.0 Å². The van der Waals surface area contributed by atoms with E-state index in [0.717, 1.165) is 12.0 Å². The Morgan fingerprint density at radius 2 is 1.81 bits per heavy atom. The Morgan fingerprint density at radius 3 is 2.42 bits per heavy atom. The zero-order valence-electron chi connectivity index (χ0n) is 15.5. The molecule has 1 aliphatic rings. The summed E-state index contributed by atoms with van der Waals surface area (Å²) < 4.78 is 11.1. The van der Waals surface area contributed by atoms with Crippen molar-refractivity contribution in [1.82, 2.24) is 0 Å². The molecule has 4 nitrogen and oxygen atoms in total. The second-order valence-corrected chi connectivity index (χ2v) is 7.33. The van der Waals surface area contributed by atoms with E-state index in [9.17, 15) is 9.59 Å². The number of fused-ring (bicyclic) bond motifs is 1. The lowest BCUT2D eigenvalue weighted by molar-refractivity contribution is -0.143. The Morgan fingerprint density at radius 1 is 1.12 bits per heavy atom. The van der Waals surface area contributed by atoms with Crippen molar-refractivity contribution >= 4 is 17.8 Å². The predicted molar refractivity (Wildman–Crippen MR) is 100 cm³/mol. The van der Waals surface area contributed by atoms with Crippen LogP contribution in [0.2, 0.25) is 0 Å². The third-order valence-electron chi connectivity index (χ3n) is 4.15. The highest BCUT2D eigenvalue weighted by Gasteiger charge is 2.29. The van der Waals surface area contributed by atoms with Crippen LogP contribution in [0.1, 0.15) is 49.2 Å². The zero-order chi connectivity index (χ0) is 18.9. The fourth-order valence-electron chi connectivity index (χ4n) is 2.49. The molecule has 0 aromatic heterocycles. The standard InChI is InChI=1S/C22H22O4/c1-5-14-6-8-15(9-7-14)12-19-20(23)17-11-10-16(13-18(17)26-19)25-21(24)22(2,3)4/h6-13H,5H2,1-4H3/b19-12-. The van der Waals surface area contributed by atoms with Gasteiger partial charge in [-0.15, -0.1) is 0 Å². The van der Waals surface area contributed by atoms with Crippen molar-refractivity contribution in [1.29, 1.82) is 0 Å². The molecular formula is C22H22O4. The van der Waals surface area contributed by atoms with Crippen LogP contribution >= 0.6 is 0 Å². The number of carbonyl (C=O) groups excluding carboxylic acids is 2. The minimum atomic E-state index is -0.606. The molecule has 0 spiro atoms. The Balaban J connectivity index is 1.82. The maximum absolute atomic E-state index is 12.5. The zero-order valence-corrected chi connectivity index (χ0v) is 15.5. The quantitative estimate of drug-likeness (QED) is 0.452. The van der Waals surface area contributed by atoms with Crippen LogP contribution in [0, 0.1) is 5.41 Å². The second-order valence-electron chi connectivity index (χ2n) is 7.33. The molecule has 134 valence electrons. The minimum absolute atomic E-state index is 0.173. The van der Waals surface area contributed by atoms with E-state index in [-0.39, 0.29) is 17.5 Å². The van der Waals surface area contributed by atoms with Gasteiger partial charge < -0.3 is 9.47 Å². The first-order valence-corrected chi connectivity index (χ1v) is 8.67. The third-order valence-corrected chi connectivity index (χ3v) is 4.15. The Bertz CT molecular complexity index is 883. The fourth-order valence-corrected chi connectivity index (χ4v) is 2.49. The molecule has 0 aliphatic carbocycles. The van der Waals surface area contributed by atoms with E-state index >= 15 is 0 Å². The monoisotopic (exact) mass is 350 g/mol. The Kier molecular flexibility index (Phi) is 4.68. The van der Waals surface area contributed by atoms with Gasteiger partial charge in [0, 0.05) is 6.07 Å². The number of rotatable bonds is 3. The van der Waals surface area contributed by atoms with Crippen LogP contribution in [0.15, 0.2) is 48.2 Å². The number of ketones is 1. The first-order chi connectivity index (χ1) is 12.3. The lowest BCUT2D eigenvalue weighted by atomic mass is 9.97. The molecule has 2 aromatic rings. The number of esters is 1. The summed E-state index contributed by atoms with van der Waals surface area (Å²) in [5.41, 5.74) is 2.00. The summed E-state index contributed by atoms with van der Waals surface area (Å²) in [6.45, 7) is 7.45. The first kappa shape index (κ1) is 17.9. The molecule has 0 fully saturated rings. The smallest absolute Gasteiger partial charge is 0.316 e. The van der Waals surface area contributed by atoms with Crippen molar-refractivity contribution in [2.24, 2.45) is 5.41 Å². The highest BCUT2D eigenvalue weighted by atomic mass is 16.5. The highest BCUT2D eigenvalue weighted by Crippen LogP contribution is 2.35. The van der Waals surface area contributed by atoms with Gasteiger partial charge in [-0.2, -0.15) is 0 Å². The van der Waals surface area contributed by atoms with Gasteiger partial charge in [0.25, 0.3) is 0 Å². The highest BCUT2D eigenvalue weighted by molar-refractivity contribution is 6.14. The second kappa shape index (κ2) is 6.79. The molecule has 0 saturated carbocycles. The molecule has 0 radical (unpaired) electrons. The molecule has 0 bridgehead atoms. The van der Waals surface area contributed by atoms with E-state index in [0.29, 0.717) is 17.1 Å². The number of hydrogen-bond acceptors (Lipinski definition) is 4. The van der Waals surface area contributed by atoms with Crippen molar-refractivity contribution in [3.8, 4) is 11.5 Å². The molecule has 0 saturated heterocycles. The third kappa shape index (κ3) is 3.69. The number of Topliss-reactive ketones (excluding diaryl/α,β-unsaturated/α-hetero) is 1. The molecular weight excluding hydrogens is 328 g/mol. The van der Waals surface area contributed by atoms with Gasteiger partial charge in [0.05, 0.1) is 11.0 Å². The fraction of sp³-hybridized carbons (Fsp3) is 0.273. The number of aryl methyl sites for hydroxylation is 1. The lowest BCUT2D eigenvalue weighted by Crippen LogP contribution is -2.25. The van der Waals surface area contributed by atoms with Crippen molar-refractivity contribution in [2.75, 3.05) is 0 Å².